The van der Waals surface area contributed by atoms with Crippen LogP contribution < -0.4 is 10.6 Å². The van der Waals surface area contributed by atoms with E-state index in [1.807, 2.05) is 25.1 Å². The number of urea groups is 1. The standard InChI is InChI=1S/C19H19F2N3O2/c1-12-5-2-3-6-15(12)22-18(25)17-7-4-10-24(17)19(26)23-16-9-8-13(20)11-14(16)21/h2-3,5-6,8-9,11,17H,4,7,10H2,1H3,(H,22,25)(H,23,26)/t17-/m0/s1. The number of hydrogen-bond acceptors (Lipinski definition) is 2. The molecule has 1 atom stereocenters. The van der Waals surface area contributed by atoms with E-state index in [1.165, 1.54) is 4.90 Å². The summed E-state index contributed by atoms with van der Waals surface area (Å²) in [5.41, 5.74) is 1.49. The Morgan fingerprint density at radius 1 is 1.08 bits per heavy atom. The molecule has 1 saturated heterocycles. The predicted octanol–water partition coefficient (Wildman–Crippen LogP) is 3.91. The molecule has 0 saturated carbocycles. The molecule has 136 valence electrons. The third-order valence-corrected chi connectivity index (χ3v) is 4.39. The molecule has 2 N–H and O–H groups in total. The normalized spacial score (nSPS) is 16.4. The molecule has 1 heterocycles. The molecule has 1 aliphatic rings. The number of likely N-dealkylation sites (tertiary alicyclic amines) is 1. The first-order chi connectivity index (χ1) is 12.5. The van der Waals surface area contributed by atoms with E-state index >= 15 is 0 Å². The molecule has 2 aromatic rings. The fourth-order valence-corrected chi connectivity index (χ4v) is 2.99. The molecule has 1 fully saturated rings. The number of carbonyl (C=O) groups is 2. The maximum atomic E-state index is 13.7. The Kier molecular flexibility index (Phi) is 5.16. The van der Waals surface area contributed by atoms with Gasteiger partial charge in [0.05, 0.1) is 5.69 Å². The van der Waals surface area contributed by atoms with Gasteiger partial charge in [-0.25, -0.2) is 13.6 Å². The second kappa shape index (κ2) is 7.51. The van der Waals surface area contributed by atoms with Gasteiger partial charge in [-0.05, 0) is 43.5 Å². The van der Waals surface area contributed by atoms with Gasteiger partial charge in [0.15, 0.2) is 0 Å². The van der Waals surface area contributed by atoms with E-state index < -0.39 is 23.7 Å². The second-order valence-corrected chi connectivity index (χ2v) is 6.21. The van der Waals surface area contributed by atoms with Crippen LogP contribution in [0.25, 0.3) is 0 Å². The van der Waals surface area contributed by atoms with Crippen molar-refractivity contribution in [3.63, 3.8) is 0 Å². The number of nitrogens with one attached hydrogen (secondary N) is 2. The smallest absolute Gasteiger partial charge is 0.322 e. The lowest BCUT2D eigenvalue weighted by molar-refractivity contribution is -0.119. The van der Waals surface area contributed by atoms with Crippen molar-refractivity contribution in [1.82, 2.24) is 4.90 Å². The highest BCUT2D eigenvalue weighted by Crippen LogP contribution is 2.23. The molecule has 3 amide bonds. The van der Waals surface area contributed by atoms with Gasteiger partial charge in [0.25, 0.3) is 0 Å². The Labute approximate surface area is 150 Å². The van der Waals surface area contributed by atoms with Crippen molar-refractivity contribution in [2.75, 3.05) is 17.2 Å². The van der Waals surface area contributed by atoms with Crippen LogP contribution in [0.4, 0.5) is 25.0 Å². The fourth-order valence-electron chi connectivity index (χ4n) is 2.99. The Bertz CT molecular complexity index is 841. The molecule has 5 nitrogen and oxygen atoms in total. The Morgan fingerprint density at radius 2 is 1.85 bits per heavy atom. The average molecular weight is 359 g/mol. The summed E-state index contributed by atoms with van der Waals surface area (Å²) in [4.78, 5) is 26.4. The van der Waals surface area contributed by atoms with Crippen LogP contribution in [0.5, 0.6) is 0 Å². The number of nitrogens with zero attached hydrogens (tertiary/aromatic N) is 1. The molecule has 0 bridgehead atoms. The summed E-state index contributed by atoms with van der Waals surface area (Å²) in [6.45, 7) is 2.27. The lowest BCUT2D eigenvalue weighted by Gasteiger charge is -2.24. The number of para-hydroxylation sites is 1. The van der Waals surface area contributed by atoms with Crippen LogP contribution in [0, 0.1) is 18.6 Å². The van der Waals surface area contributed by atoms with Gasteiger partial charge in [0.1, 0.15) is 17.7 Å². The number of rotatable bonds is 3. The number of benzene rings is 2. The first-order valence-corrected chi connectivity index (χ1v) is 8.35. The third kappa shape index (κ3) is 3.82. The summed E-state index contributed by atoms with van der Waals surface area (Å²) < 4.78 is 26.7. The zero-order chi connectivity index (χ0) is 18.7. The molecular weight excluding hydrogens is 340 g/mol. The maximum absolute atomic E-state index is 13.7. The minimum atomic E-state index is -0.863. The highest BCUT2D eigenvalue weighted by atomic mass is 19.1. The minimum absolute atomic E-state index is 0.124. The first kappa shape index (κ1) is 17.8. The highest BCUT2D eigenvalue weighted by Gasteiger charge is 2.34. The maximum Gasteiger partial charge on any atom is 0.322 e. The van der Waals surface area contributed by atoms with Crippen LogP contribution in [-0.4, -0.2) is 29.4 Å². The van der Waals surface area contributed by atoms with E-state index in [0.29, 0.717) is 31.1 Å². The summed E-state index contributed by atoms with van der Waals surface area (Å²) in [5, 5.41) is 5.24. The lowest BCUT2D eigenvalue weighted by atomic mass is 10.1. The Morgan fingerprint density at radius 3 is 2.58 bits per heavy atom. The number of halogens is 2. The molecule has 0 aromatic heterocycles. The average Bonchev–Trinajstić information content (AvgIpc) is 3.09. The topological polar surface area (TPSA) is 61.4 Å². The summed E-state index contributed by atoms with van der Waals surface area (Å²) in [5.74, 6) is -1.87. The Balaban J connectivity index is 1.70. The van der Waals surface area contributed by atoms with Crippen LogP contribution in [0.2, 0.25) is 0 Å². The predicted molar refractivity (Wildman–Crippen MR) is 94.9 cm³/mol. The van der Waals surface area contributed by atoms with E-state index in [9.17, 15) is 18.4 Å². The van der Waals surface area contributed by atoms with Crippen LogP contribution in [-0.2, 0) is 4.79 Å². The number of carbonyl (C=O) groups excluding carboxylic acids is 2. The molecule has 1 aliphatic heterocycles. The number of anilines is 2. The summed E-state index contributed by atoms with van der Waals surface area (Å²) in [6.07, 6.45) is 1.20. The molecule has 3 rings (SSSR count). The van der Waals surface area contributed by atoms with E-state index in [0.717, 1.165) is 17.7 Å². The molecule has 0 radical (unpaired) electrons. The fraction of sp³-hybridized carbons (Fsp3) is 0.263. The van der Waals surface area contributed by atoms with E-state index in [4.69, 9.17) is 0 Å². The molecule has 26 heavy (non-hydrogen) atoms. The van der Waals surface area contributed by atoms with Crippen molar-refractivity contribution in [3.05, 3.63) is 59.7 Å². The molecule has 0 aliphatic carbocycles. The molecule has 2 aromatic carbocycles. The summed E-state index contributed by atoms with van der Waals surface area (Å²) >= 11 is 0. The number of aryl methyl sites for hydroxylation is 1. The van der Waals surface area contributed by atoms with Gasteiger partial charge in [0, 0.05) is 18.3 Å². The van der Waals surface area contributed by atoms with Crippen LogP contribution >= 0.6 is 0 Å². The number of amides is 3. The molecule has 0 spiro atoms. The van der Waals surface area contributed by atoms with Gasteiger partial charge in [-0.3, -0.25) is 4.79 Å². The highest BCUT2D eigenvalue weighted by molar-refractivity contribution is 6.00. The molecular formula is C19H19F2N3O2. The van der Waals surface area contributed by atoms with E-state index in [1.54, 1.807) is 6.07 Å². The van der Waals surface area contributed by atoms with Crippen LogP contribution in [0.15, 0.2) is 42.5 Å². The zero-order valence-corrected chi connectivity index (χ0v) is 14.3. The van der Waals surface area contributed by atoms with Crippen LogP contribution in [0.3, 0.4) is 0 Å². The van der Waals surface area contributed by atoms with Gasteiger partial charge >= 0.3 is 6.03 Å². The van der Waals surface area contributed by atoms with E-state index in [-0.39, 0.29) is 11.6 Å². The zero-order valence-electron chi connectivity index (χ0n) is 14.3. The second-order valence-electron chi connectivity index (χ2n) is 6.21. The van der Waals surface area contributed by atoms with Gasteiger partial charge in [0.2, 0.25) is 5.91 Å². The molecule has 0 unspecified atom stereocenters. The Hall–Kier alpha value is -2.96. The van der Waals surface area contributed by atoms with Crippen molar-refractivity contribution in [2.24, 2.45) is 0 Å². The SMILES string of the molecule is Cc1ccccc1NC(=O)[C@@H]1CCCN1C(=O)Nc1ccc(F)cc1F. The lowest BCUT2D eigenvalue weighted by Crippen LogP contribution is -2.45. The molecule has 7 heteroatoms. The van der Waals surface area contributed by atoms with Gasteiger partial charge in [-0.15, -0.1) is 0 Å². The van der Waals surface area contributed by atoms with Gasteiger partial charge < -0.3 is 15.5 Å². The van der Waals surface area contributed by atoms with Crippen molar-refractivity contribution >= 4 is 23.3 Å². The third-order valence-electron chi connectivity index (χ3n) is 4.39. The first-order valence-electron chi connectivity index (χ1n) is 8.35. The van der Waals surface area contributed by atoms with Crippen molar-refractivity contribution < 1.29 is 18.4 Å². The van der Waals surface area contributed by atoms with Crippen molar-refractivity contribution in [3.8, 4) is 0 Å². The van der Waals surface area contributed by atoms with Crippen LogP contribution in [0.1, 0.15) is 18.4 Å². The summed E-state index contributed by atoms with van der Waals surface area (Å²) in [6, 6.07) is 9.05. The van der Waals surface area contributed by atoms with Crippen molar-refractivity contribution in [2.45, 2.75) is 25.8 Å². The van der Waals surface area contributed by atoms with Crippen molar-refractivity contribution in [1.29, 1.82) is 0 Å². The summed E-state index contributed by atoms with van der Waals surface area (Å²) in [7, 11) is 0. The minimum Gasteiger partial charge on any atom is -0.324 e. The van der Waals surface area contributed by atoms with Gasteiger partial charge in [-0.1, -0.05) is 18.2 Å². The monoisotopic (exact) mass is 359 g/mol. The van der Waals surface area contributed by atoms with E-state index in [2.05, 4.69) is 10.6 Å². The largest absolute Gasteiger partial charge is 0.324 e. The van der Waals surface area contributed by atoms with Gasteiger partial charge in [-0.2, -0.15) is 0 Å². The quantitative estimate of drug-likeness (QED) is 0.873. The number of hydrogen-bond donors (Lipinski definition) is 2.